The third-order valence-corrected chi connectivity index (χ3v) is 5.91. The summed E-state index contributed by atoms with van der Waals surface area (Å²) in [4.78, 5) is 30.8. The summed E-state index contributed by atoms with van der Waals surface area (Å²) >= 11 is 0. The number of fused-ring (bicyclic) bond motifs is 1. The minimum Gasteiger partial charge on any atom is -0.493 e. The maximum atomic E-state index is 12.7. The van der Waals surface area contributed by atoms with Gasteiger partial charge >= 0.3 is 5.97 Å². The van der Waals surface area contributed by atoms with Crippen molar-refractivity contribution in [1.82, 2.24) is 9.88 Å². The van der Waals surface area contributed by atoms with Gasteiger partial charge in [-0.1, -0.05) is 51.8 Å². The normalized spacial score (nSPS) is 15.8. The number of carboxylic acid groups (broad SMARTS) is 1. The molecule has 0 aliphatic carbocycles. The first-order valence-corrected chi connectivity index (χ1v) is 12.5. The van der Waals surface area contributed by atoms with E-state index in [2.05, 4.69) is 31.8 Å². The highest BCUT2D eigenvalue weighted by molar-refractivity contribution is 5.92. The molecule has 7 heteroatoms. The largest absolute Gasteiger partial charge is 0.493 e. The number of aliphatic carboxylic acids is 1. The Morgan fingerprint density at radius 3 is 2.89 bits per heavy atom. The smallest absolute Gasteiger partial charge is 0.331 e. The number of carbonyl (C=O) groups excluding carboxylic acids is 1. The molecule has 188 valence electrons. The molecule has 1 amide bonds. The van der Waals surface area contributed by atoms with Crippen molar-refractivity contribution in [3.8, 4) is 5.75 Å². The lowest BCUT2D eigenvalue weighted by atomic mass is 9.92. The van der Waals surface area contributed by atoms with E-state index in [-0.39, 0.29) is 5.91 Å². The Morgan fingerprint density at radius 2 is 2.14 bits per heavy atom. The average molecular weight is 481 g/mol. The topological polar surface area (TPSA) is 92.9 Å². The van der Waals surface area contributed by atoms with E-state index in [0.29, 0.717) is 49.1 Å². The van der Waals surface area contributed by atoms with E-state index < -0.39 is 12.0 Å². The van der Waals surface area contributed by atoms with E-state index in [1.165, 1.54) is 11.0 Å². The molecule has 1 aliphatic rings. The first-order valence-electron chi connectivity index (χ1n) is 12.5. The Kier molecular flexibility index (Phi) is 9.70. The number of aromatic nitrogens is 1. The van der Waals surface area contributed by atoms with Crippen molar-refractivity contribution in [3.05, 3.63) is 65.4 Å². The molecule has 7 nitrogen and oxygen atoms in total. The number of carbonyl (C=O) groups is 2. The van der Waals surface area contributed by atoms with Gasteiger partial charge in [-0.25, -0.2) is 9.78 Å². The molecule has 3 rings (SSSR count). The van der Waals surface area contributed by atoms with Gasteiger partial charge in [0.1, 0.15) is 12.0 Å². The highest BCUT2D eigenvalue weighted by Crippen LogP contribution is 2.33. The zero-order valence-electron chi connectivity index (χ0n) is 20.9. The number of rotatable bonds is 12. The number of nitrogens with zero attached hydrogens (tertiary/aromatic N) is 2. The van der Waals surface area contributed by atoms with E-state index in [9.17, 15) is 14.7 Å². The fraction of sp³-hybridized carbons (Fsp3) is 0.464. The van der Waals surface area contributed by atoms with Crippen molar-refractivity contribution >= 4 is 18.0 Å². The van der Waals surface area contributed by atoms with Gasteiger partial charge in [0.15, 0.2) is 6.04 Å². The predicted octanol–water partition coefficient (Wildman–Crippen LogP) is 5.61. The molecular weight excluding hydrogens is 444 g/mol. The van der Waals surface area contributed by atoms with Crippen LogP contribution in [-0.2, 0) is 22.4 Å². The number of hydrogen-bond donors (Lipinski definition) is 1. The van der Waals surface area contributed by atoms with Gasteiger partial charge in [-0.05, 0) is 60.6 Å². The van der Waals surface area contributed by atoms with Gasteiger partial charge in [0.05, 0.1) is 12.3 Å². The van der Waals surface area contributed by atoms with Crippen LogP contribution in [0.2, 0.25) is 0 Å². The SMILES string of the molecule is CCCCC=CC(=O)N1CCc2ccc(OCCc3coc(C=CCC(C)C)n3)cc2C1C(=O)O. The van der Waals surface area contributed by atoms with Crippen LogP contribution in [0.1, 0.15) is 75.2 Å². The summed E-state index contributed by atoms with van der Waals surface area (Å²) in [6.07, 6.45) is 13.9. The van der Waals surface area contributed by atoms with Gasteiger partial charge in [-0.2, -0.15) is 0 Å². The third-order valence-electron chi connectivity index (χ3n) is 5.91. The van der Waals surface area contributed by atoms with Gasteiger partial charge in [-0.3, -0.25) is 4.79 Å². The van der Waals surface area contributed by atoms with Crippen LogP contribution in [0.5, 0.6) is 5.75 Å². The van der Waals surface area contributed by atoms with Crippen molar-refractivity contribution in [2.75, 3.05) is 13.2 Å². The molecular formula is C28H36N2O5. The van der Waals surface area contributed by atoms with Crippen molar-refractivity contribution in [1.29, 1.82) is 0 Å². The molecule has 35 heavy (non-hydrogen) atoms. The summed E-state index contributed by atoms with van der Waals surface area (Å²) in [6.45, 7) is 7.15. The maximum Gasteiger partial charge on any atom is 0.331 e. The van der Waals surface area contributed by atoms with Crippen LogP contribution in [0.4, 0.5) is 0 Å². The van der Waals surface area contributed by atoms with Gasteiger partial charge < -0.3 is 19.2 Å². The Morgan fingerprint density at radius 1 is 1.31 bits per heavy atom. The lowest BCUT2D eigenvalue weighted by Gasteiger charge is -2.34. The second kappa shape index (κ2) is 12.9. The monoisotopic (exact) mass is 480 g/mol. The van der Waals surface area contributed by atoms with Crippen molar-refractivity contribution in [3.63, 3.8) is 0 Å². The van der Waals surface area contributed by atoms with E-state index in [0.717, 1.165) is 36.9 Å². The molecule has 0 saturated carbocycles. The number of benzene rings is 1. The van der Waals surface area contributed by atoms with Crippen LogP contribution in [0, 0.1) is 5.92 Å². The van der Waals surface area contributed by atoms with Crippen molar-refractivity contribution < 1.29 is 23.8 Å². The molecule has 1 aromatic carbocycles. The minimum atomic E-state index is -1.04. The summed E-state index contributed by atoms with van der Waals surface area (Å²) < 4.78 is 11.4. The summed E-state index contributed by atoms with van der Waals surface area (Å²) in [5.74, 6) is 0.420. The number of ether oxygens (including phenoxy) is 1. The average Bonchev–Trinajstić information content (AvgIpc) is 3.28. The van der Waals surface area contributed by atoms with Gasteiger partial charge in [0.2, 0.25) is 11.8 Å². The lowest BCUT2D eigenvalue weighted by Crippen LogP contribution is -2.42. The summed E-state index contributed by atoms with van der Waals surface area (Å²) in [7, 11) is 0. The first-order chi connectivity index (χ1) is 16.9. The van der Waals surface area contributed by atoms with E-state index in [4.69, 9.17) is 9.15 Å². The molecule has 0 spiro atoms. The molecule has 1 aromatic heterocycles. The molecule has 0 saturated heterocycles. The zero-order chi connectivity index (χ0) is 25.2. The zero-order valence-corrected chi connectivity index (χ0v) is 20.9. The fourth-order valence-corrected chi connectivity index (χ4v) is 4.02. The number of hydrogen-bond acceptors (Lipinski definition) is 5. The molecule has 1 N–H and O–H groups in total. The first kappa shape index (κ1) is 26.3. The van der Waals surface area contributed by atoms with Crippen LogP contribution in [0.3, 0.4) is 0 Å². The Balaban J connectivity index is 1.63. The second-order valence-electron chi connectivity index (χ2n) is 9.24. The van der Waals surface area contributed by atoms with E-state index in [1.54, 1.807) is 12.3 Å². The lowest BCUT2D eigenvalue weighted by molar-refractivity contribution is -0.149. The predicted molar refractivity (Wildman–Crippen MR) is 135 cm³/mol. The molecule has 0 bridgehead atoms. The molecule has 0 radical (unpaired) electrons. The van der Waals surface area contributed by atoms with Gasteiger partial charge in [-0.15, -0.1) is 0 Å². The Bertz CT molecular complexity index is 1050. The standard InChI is InChI=1S/C28H36N2O5/c1-4-5-6-7-11-26(31)30-16-14-21-12-13-23(18-24(21)27(30)28(32)33)34-17-15-22-19-35-25(29-22)10-8-9-20(2)3/h7-8,10-13,18-20,27H,4-6,9,14-17H2,1-3H3,(H,32,33). The number of carboxylic acids is 1. The minimum absolute atomic E-state index is 0.269. The van der Waals surface area contributed by atoms with Crippen molar-refractivity contribution in [2.45, 2.75) is 65.3 Å². The number of allylic oxidation sites excluding steroid dienone is 2. The van der Waals surface area contributed by atoms with Crippen LogP contribution in [0.15, 0.2) is 47.1 Å². The quantitative estimate of drug-likeness (QED) is 0.313. The van der Waals surface area contributed by atoms with E-state index in [1.807, 2.05) is 24.3 Å². The summed E-state index contributed by atoms with van der Waals surface area (Å²) in [5, 5.41) is 9.94. The van der Waals surface area contributed by atoms with Gasteiger partial charge in [0.25, 0.3) is 0 Å². The maximum absolute atomic E-state index is 12.7. The molecule has 1 unspecified atom stereocenters. The molecule has 0 fully saturated rings. The van der Waals surface area contributed by atoms with Crippen LogP contribution in [-0.4, -0.2) is 40.0 Å². The second-order valence-corrected chi connectivity index (χ2v) is 9.24. The van der Waals surface area contributed by atoms with Crippen molar-refractivity contribution in [2.24, 2.45) is 5.92 Å². The third kappa shape index (κ3) is 7.57. The highest BCUT2D eigenvalue weighted by Gasteiger charge is 2.35. The fourth-order valence-electron chi connectivity index (χ4n) is 4.02. The van der Waals surface area contributed by atoms with Gasteiger partial charge in [0, 0.05) is 13.0 Å². The van der Waals surface area contributed by atoms with E-state index >= 15 is 0 Å². The van der Waals surface area contributed by atoms with Crippen LogP contribution < -0.4 is 4.74 Å². The summed E-state index contributed by atoms with van der Waals surface area (Å²) in [6, 6.07) is 4.47. The molecule has 1 aliphatic heterocycles. The van der Waals surface area contributed by atoms with Crippen LogP contribution in [0.25, 0.3) is 6.08 Å². The molecule has 1 atom stereocenters. The van der Waals surface area contributed by atoms with Crippen LogP contribution >= 0.6 is 0 Å². The molecule has 2 aromatic rings. The molecule has 2 heterocycles. The Hall–Kier alpha value is -3.35. The number of amides is 1. The number of oxazole rings is 1. The summed E-state index contributed by atoms with van der Waals surface area (Å²) in [5.41, 5.74) is 2.33. The Labute approximate surface area is 207 Å². The number of unbranched alkanes of at least 4 members (excludes halogenated alkanes) is 2. The highest BCUT2D eigenvalue weighted by atomic mass is 16.5.